The van der Waals surface area contributed by atoms with Crippen molar-refractivity contribution in [3.8, 4) is 0 Å². The number of rotatable bonds is 13. The molecule has 3 aliphatic rings. The van der Waals surface area contributed by atoms with E-state index in [-0.39, 0.29) is 35.5 Å². The number of urea groups is 1. The van der Waals surface area contributed by atoms with Crippen LogP contribution in [-0.4, -0.2) is 97.2 Å². The van der Waals surface area contributed by atoms with Crippen LogP contribution in [0.2, 0.25) is 0 Å². The molecule has 1 heterocycles. The first-order valence-corrected chi connectivity index (χ1v) is 18.0. The van der Waals surface area contributed by atoms with Crippen LogP contribution in [0.3, 0.4) is 0 Å². The summed E-state index contributed by atoms with van der Waals surface area (Å²) in [6, 6.07) is -4.18. The average Bonchev–Trinajstić information content (AvgIpc) is 3.22. The largest absolute Gasteiger partial charge is 0.363 e. The van der Waals surface area contributed by atoms with Gasteiger partial charge < -0.3 is 26.6 Å². The van der Waals surface area contributed by atoms with Crippen molar-refractivity contribution in [2.75, 3.05) is 25.9 Å². The first-order chi connectivity index (χ1) is 20.9. The number of ketones is 1. The second-order valence-corrected chi connectivity index (χ2v) is 18.6. The van der Waals surface area contributed by atoms with Crippen molar-refractivity contribution >= 4 is 39.6 Å². The zero-order chi connectivity index (χ0) is 35.2. The molecular weight excluding hydrogens is 612 g/mol. The molecule has 3 fully saturated rings. The minimum Gasteiger partial charge on any atom is -0.363 e. The van der Waals surface area contributed by atoms with Crippen LogP contribution < -0.4 is 21.7 Å². The zero-order valence-electron chi connectivity index (χ0n) is 29.2. The number of fused-ring (bicyclic) bond motifs is 1. The fraction of sp³-hybridized carbons (Fsp3) is 0.844. The van der Waals surface area contributed by atoms with E-state index in [0.29, 0.717) is 13.0 Å². The number of hydrogen-bond donors (Lipinski definition) is 4. The maximum absolute atomic E-state index is 14.3. The molecule has 5 amide bonds. The smallest absolute Gasteiger partial charge is 0.315 e. The van der Waals surface area contributed by atoms with E-state index in [1.54, 1.807) is 6.92 Å². The lowest BCUT2D eigenvalue weighted by Crippen LogP contribution is -2.62. The number of amides is 5. The molecule has 0 bridgehead atoms. The molecule has 5 N–H and O–H groups in total. The maximum Gasteiger partial charge on any atom is 0.315 e. The second kappa shape index (κ2) is 13.4. The van der Waals surface area contributed by atoms with E-state index in [9.17, 15) is 32.4 Å². The molecule has 2 saturated carbocycles. The van der Waals surface area contributed by atoms with Gasteiger partial charge in [0.25, 0.3) is 5.91 Å². The molecule has 262 valence electrons. The van der Waals surface area contributed by atoms with Gasteiger partial charge in [0.1, 0.15) is 12.1 Å². The van der Waals surface area contributed by atoms with Gasteiger partial charge in [-0.25, -0.2) is 17.5 Å². The molecule has 0 radical (unpaired) electrons. The van der Waals surface area contributed by atoms with E-state index in [4.69, 9.17) is 5.73 Å². The van der Waals surface area contributed by atoms with Crippen LogP contribution in [0.4, 0.5) is 4.79 Å². The van der Waals surface area contributed by atoms with Crippen LogP contribution in [0.5, 0.6) is 0 Å². The summed E-state index contributed by atoms with van der Waals surface area (Å²) in [7, 11) is -2.02. The monoisotopic (exact) mass is 668 g/mol. The molecule has 1 aliphatic heterocycles. The van der Waals surface area contributed by atoms with Gasteiger partial charge in [-0.3, -0.25) is 19.2 Å². The predicted octanol–water partition coefficient (Wildman–Crippen LogP) is 1.61. The summed E-state index contributed by atoms with van der Waals surface area (Å²) >= 11 is 0. The lowest BCUT2D eigenvalue weighted by Gasteiger charge is -2.39. The molecule has 46 heavy (non-hydrogen) atoms. The van der Waals surface area contributed by atoms with E-state index in [0.717, 1.165) is 19.3 Å². The number of carbonyl (C=O) groups excluding carboxylic acids is 5. The Kier molecular flexibility index (Phi) is 11.0. The van der Waals surface area contributed by atoms with Gasteiger partial charge in [0.2, 0.25) is 27.6 Å². The van der Waals surface area contributed by atoms with E-state index in [1.807, 2.05) is 55.4 Å². The minimum absolute atomic E-state index is 0.0418. The van der Waals surface area contributed by atoms with E-state index >= 15 is 0 Å². The lowest BCUT2D eigenvalue weighted by atomic mass is 9.80. The summed E-state index contributed by atoms with van der Waals surface area (Å²) in [5.41, 5.74) is 3.84. The molecule has 0 aromatic heterocycles. The van der Waals surface area contributed by atoms with Gasteiger partial charge in [-0.1, -0.05) is 74.7 Å². The third-order valence-corrected chi connectivity index (χ3v) is 12.3. The Labute approximate surface area is 274 Å². The summed E-state index contributed by atoms with van der Waals surface area (Å²) in [5.74, 6) is -2.85. The number of sulfonamides is 1. The Balaban J connectivity index is 1.83. The Morgan fingerprint density at radius 1 is 0.978 bits per heavy atom. The van der Waals surface area contributed by atoms with Crippen LogP contribution >= 0.6 is 0 Å². The summed E-state index contributed by atoms with van der Waals surface area (Å²) < 4.78 is 26.1. The number of primary amides is 1. The van der Waals surface area contributed by atoms with Crippen LogP contribution in [0.25, 0.3) is 0 Å². The Bertz CT molecular complexity index is 1310. The SMILES string of the molecule is CCS(=O)(=O)N(C)C[C@@H](NC(=O)N[C@H](C(=O)N1C[C@H]2[C@@H]([C@H]1C(=O)NC(CC1CCC1)C(=O)C(N)=O)C2(C)C)C(C)(C)C)C(C)(C)C. The minimum atomic E-state index is -3.49. The number of hydrogen-bond acceptors (Lipinski definition) is 7. The van der Waals surface area contributed by atoms with Gasteiger partial charge in [0.15, 0.2) is 0 Å². The fourth-order valence-corrected chi connectivity index (χ4v) is 7.62. The molecule has 2 aliphatic carbocycles. The van der Waals surface area contributed by atoms with Gasteiger partial charge in [-0.2, -0.15) is 0 Å². The number of likely N-dealkylation sites (N-methyl/N-ethyl adjacent to an activating group) is 1. The molecule has 1 unspecified atom stereocenters. The Morgan fingerprint density at radius 2 is 1.57 bits per heavy atom. The van der Waals surface area contributed by atoms with Crippen LogP contribution in [0.15, 0.2) is 0 Å². The standard InChI is InChI=1S/C32H56N6O7S/c1-11-46(44,45)37(10)17-21(30(2,3)4)35-29(43)36-25(31(5,6)7)28(42)38-16-19-22(32(19,8)9)23(38)27(41)34-20(24(39)26(33)40)15-18-13-12-14-18/h18-23,25H,11-17H2,1-10H3,(H2,33,40)(H,34,41)(H2,35,36,43)/t19-,20?,21+,22-,23-,25+/m0/s1. The van der Waals surface area contributed by atoms with Gasteiger partial charge in [-0.15, -0.1) is 0 Å². The molecule has 0 aromatic rings. The van der Waals surface area contributed by atoms with Gasteiger partial charge in [0, 0.05) is 26.2 Å². The van der Waals surface area contributed by atoms with Crippen LogP contribution in [0.1, 0.15) is 88.0 Å². The summed E-state index contributed by atoms with van der Waals surface area (Å²) in [6.45, 7) is 17.1. The van der Waals surface area contributed by atoms with Crippen molar-refractivity contribution < 1.29 is 32.4 Å². The van der Waals surface area contributed by atoms with Crippen molar-refractivity contribution in [2.24, 2.45) is 39.7 Å². The van der Waals surface area contributed by atoms with E-state index < -0.39 is 74.6 Å². The Hall–Kier alpha value is -2.74. The third-order valence-electron chi connectivity index (χ3n) is 10.4. The first kappa shape index (κ1) is 37.7. The highest BCUT2D eigenvalue weighted by atomic mass is 32.2. The molecule has 0 aromatic carbocycles. The number of Topliss-reactive ketones (excluding diaryl/α,β-unsaturated/α-hetero) is 1. The number of nitrogens with zero attached hydrogens (tertiary/aromatic N) is 2. The van der Waals surface area contributed by atoms with Crippen molar-refractivity contribution in [3.05, 3.63) is 0 Å². The van der Waals surface area contributed by atoms with Gasteiger partial charge in [-0.05, 0) is 47.3 Å². The highest BCUT2D eigenvalue weighted by Crippen LogP contribution is 2.65. The zero-order valence-corrected chi connectivity index (χ0v) is 30.0. The lowest BCUT2D eigenvalue weighted by molar-refractivity contribution is -0.145. The predicted molar refractivity (Wildman–Crippen MR) is 175 cm³/mol. The number of likely N-dealkylation sites (tertiary alicyclic amines) is 1. The third kappa shape index (κ3) is 8.21. The van der Waals surface area contributed by atoms with E-state index in [1.165, 1.54) is 16.3 Å². The molecule has 1 saturated heterocycles. The average molecular weight is 669 g/mol. The van der Waals surface area contributed by atoms with Gasteiger partial charge in [0.05, 0.1) is 11.8 Å². The number of carbonyl (C=O) groups is 5. The normalized spacial score (nSPS) is 24.7. The highest BCUT2D eigenvalue weighted by molar-refractivity contribution is 7.89. The van der Waals surface area contributed by atoms with Crippen molar-refractivity contribution in [1.82, 2.24) is 25.2 Å². The van der Waals surface area contributed by atoms with Crippen molar-refractivity contribution in [3.63, 3.8) is 0 Å². The summed E-state index contributed by atoms with van der Waals surface area (Å²) in [6.07, 6.45) is 3.17. The van der Waals surface area contributed by atoms with Crippen molar-refractivity contribution in [1.29, 1.82) is 0 Å². The molecule has 13 nitrogen and oxygen atoms in total. The topological polar surface area (TPSA) is 188 Å². The van der Waals surface area contributed by atoms with Gasteiger partial charge >= 0.3 is 6.03 Å². The molecule has 6 atom stereocenters. The second-order valence-electron chi connectivity index (χ2n) is 16.2. The number of nitrogens with one attached hydrogen (secondary N) is 3. The quantitative estimate of drug-likeness (QED) is 0.215. The van der Waals surface area contributed by atoms with Crippen LogP contribution in [0, 0.1) is 34.0 Å². The first-order valence-electron chi connectivity index (χ1n) is 16.4. The highest BCUT2D eigenvalue weighted by Gasteiger charge is 2.70. The van der Waals surface area contributed by atoms with E-state index in [2.05, 4.69) is 16.0 Å². The van der Waals surface area contributed by atoms with Crippen LogP contribution in [-0.2, 0) is 29.2 Å². The fourth-order valence-electron chi connectivity index (χ4n) is 6.81. The molecule has 3 rings (SSSR count). The molecule has 0 spiro atoms. The van der Waals surface area contributed by atoms with Crippen molar-refractivity contribution in [2.45, 2.75) is 112 Å². The summed E-state index contributed by atoms with van der Waals surface area (Å²) in [4.78, 5) is 67.7. The Morgan fingerprint density at radius 3 is 2.02 bits per heavy atom. The summed E-state index contributed by atoms with van der Waals surface area (Å²) in [5, 5.41) is 8.50. The number of nitrogens with two attached hydrogens (primary N) is 1. The molecular formula is C32H56N6O7S. The number of piperidine rings is 1. The maximum atomic E-state index is 14.3. The molecule has 14 heteroatoms.